The van der Waals surface area contributed by atoms with E-state index in [0.717, 1.165) is 0 Å². The highest BCUT2D eigenvalue weighted by atomic mass is 35.5. The van der Waals surface area contributed by atoms with Gasteiger partial charge in [-0.2, -0.15) is 0 Å². The Kier molecular flexibility index (Phi) is 3.23. The number of aliphatic hydroxyl groups is 1. The summed E-state index contributed by atoms with van der Waals surface area (Å²) in [5.74, 6) is -0.996. The van der Waals surface area contributed by atoms with Gasteiger partial charge in [0.1, 0.15) is 12.2 Å². The molecule has 12 heavy (non-hydrogen) atoms. The van der Waals surface area contributed by atoms with Gasteiger partial charge in [0.05, 0.1) is 18.4 Å². The fourth-order valence-electron chi connectivity index (χ4n) is 0.812. The van der Waals surface area contributed by atoms with Gasteiger partial charge in [0.25, 0.3) is 0 Å². The zero-order valence-corrected chi connectivity index (χ0v) is 8.36. The van der Waals surface area contributed by atoms with Crippen LogP contribution in [0.3, 0.4) is 0 Å². The van der Waals surface area contributed by atoms with E-state index in [1.54, 1.807) is 0 Å². The third-order valence-electron chi connectivity index (χ3n) is 1.78. The molecule has 0 saturated carbocycles. The van der Waals surface area contributed by atoms with Gasteiger partial charge in [0, 0.05) is 0 Å². The number of hydrogen-bond donors (Lipinski definition) is 1. The molecule has 0 aliphatic carbocycles. The van der Waals surface area contributed by atoms with Gasteiger partial charge in [0.15, 0.2) is 0 Å². The van der Waals surface area contributed by atoms with Crippen LogP contribution in [0.4, 0.5) is 0 Å². The van der Waals surface area contributed by atoms with Gasteiger partial charge < -0.3 is 14.6 Å². The Bertz CT molecular complexity index is 137. The van der Waals surface area contributed by atoms with Crippen LogP contribution in [0.2, 0.25) is 0 Å². The van der Waals surface area contributed by atoms with Crippen LogP contribution in [0.15, 0.2) is 0 Å². The van der Waals surface area contributed by atoms with Crippen LogP contribution in [0.1, 0.15) is 6.92 Å². The van der Waals surface area contributed by atoms with Crippen molar-refractivity contribution in [3.05, 3.63) is 0 Å². The van der Waals surface area contributed by atoms with E-state index in [1.807, 2.05) is 6.92 Å². The minimum atomic E-state index is -1.34. The zero-order chi connectivity index (χ0) is 9.24. The van der Waals surface area contributed by atoms with Gasteiger partial charge in [-0.25, -0.2) is 0 Å². The molecule has 72 valence electrons. The van der Waals surface area contributed by atoms with Crippen molar-refractivity contribution in [2.45, 2.75) is 18.3 Å². The molecule has 5 heteroatoms. The summed E-state index contributed by atoms with van der Waals surface area (Å²) >= 11 is 11.1. The van der Waals surface area contributed by atoms with E-state index in [-0.39, 0.29) is 19.1 Å². The lowest BCUT2D eigenvalue weighted by atomic mass is 10.1. The SMILES string of the molecule is CC1(CCl)COC(O)(CCl)CO1. The number of rotatable bonds is 2. The summed E-state index contributed by atoms with van der Waals surface area (Å²) in [6.07, 6.45) is 0. The van der Waals surface area contributed by atoms with Crippen LogP contribution < -0.4 is 0 Å². The molecule has 0 amide bonds. The maximum absolute atomic E-state index is 9.49. The molecule has 3 nitrogen and oxygen atoms in total. The van der Waals surface area contributed by atoms with E-state index in [9.17, 15) is 5.11 Å². The second-order valence-electron chi connectivity index (χ2n) is 3.24. The Morgan fingerprint density at radius 2 is 1.92 bits per heavy atom. The monoisotopic (exact) mass is 214 g/mol. The molecule has 1 heterocycles. The average Bonchev–Trinajstić information content (AvgIpc) is 2.11. The van der Waals surface area contributed by atoms with E-state index >= 15 is 0 Å². The standard InChI is InChI=1S/C7H12Cl2O3/c1-6(2-8)4-12-7(10,3-9)5-11-6/h10H,2-5H2,1H3. The summed E-state index contributed by atoms with van der Waals surface area (Å²) in [6.45, 7) is 2.16. The predicted octanol–water partition coefficient (Wildman–Crippen LogP) is 0.958. The second-order valence-corrected chi connectivity index (χ2v) is 3.78. The highest BCUT2D eigenvalue weighted by Crippen LogP contribution is 2.25. The van der Waals surface area contributed by atoms with E-state index in [4.69, 9.17) is 32.7 Å². The van der Waals surface area contributed by atoms with Gasteiger partial charge in [-0.15, -0.1) is 23.2 Å². The largest absolute Gasteiger partial charge is 0.366 e. The van der Waals surface area contributed by atoms with Crippen LogP contribution in [0.5, 0.6) is 0 Å². The topological polar surface area (TPSA) is 38.7 Å². The van der Waals surface area contributed by atoms with Gasteiger partial charge in [-0.05, 0) is 6.92 Å². The zero-order valence-electron chi connectivity index (χ0n) is 6.85. The molecular weight excluding hydrogens is 203 g/mol. The predicted molar refractivity (Wildman–Crippen MR) is 46.7 cm³/mol. The summed E-state index contributed by atoms with van der Waals surface area (Å²) in [6, 6.07) is 0. The Morgan fingerprint density at radius 3 is 2.25 bits per heavy atom. The van der Waals surface area contributed by atoms with Crippen molar-refractivity contribution in [2.24, 2.45) is 0 Å². The Labute approximate surface area is 81.6 Å². The van der Waals surface area contributed by atoms with E-state index < -0.39 is 11.4 Å². The highest BCUT2D eigenvalue weighted by Gasteiger charge is 2.40. The first kappa shape index (κ1) is 10.5. The lowest BCUT2D eigenvalue weighted by Crippen LogP contribution is -2.54. The number of hydrogen-bond acceptors (Lipinski definition) is 3. The van der Waals surface area contributed by atoms with Crippen LogP contribution in [-0.2, 0) is 9.47 Å². The first-order valence-electron chi connectivity index (χ1n) is 3.66. The van der Waals surface area contributed by atoms with E-state index in [2.05, 4.69) is 0 Å². The van der Waals surface area contributed by atoms with Crippen molar-refractivity contribution < 1.29 is 14.6 Å². The van der Waals surface area contributed by atoms with Crippen molar-refractivity contribution in [1.82, 2.24) is 0 Å². The summed E-state index contributed by atoms with van der Waals surface area (Å²) in [4.78, 5) is 0. The molecule has 0 bridgehead atoms. The number of ether oxygens (including phenoxy) is 2. The Morgan fingerprint density at radius 1 is 1.25 bits per heavy atom. The third-order valence-corrected chi connectivity index (χ3v) is 2.77. The minimum Gasteiger partial charge on any atom is -0.366 e. The Balaban J connectivity index is 2.49. The fraction of sp³-hybridized carbons (Fsp3) is 1.00. The fourth-order valence-corrected chi connectivity index (χ4v) is 1.12. The first-order chi connectivity index (χ1) is 5.54. The van der Waals surface area contributed by atoms with Crippen LogP contribution >= 0.6 is 23.2 Å². The van der Waals surface area contributed by atoms with Gasteiger partial charge in [-0.1, -0.05) is 0 Å². The van der Waals surface area contributed by atoms with Gasteiger partial charge in [-0.3, -0.25) is 0 Å². The smallest absolute Gasteiger partial charge is 0.203 e. The maximum Gasteiger partial charge on any atom is 0.203 e. The van der Waals surface area contributed by atoms with Crippen molar-refractivity contribution in [2.75, 3.05) is 25.0 Å². The molecule has 0 radical (unpaired) electrons. The molecule has 0 aromatic heterocycles. The molecule has 1 aliphatic heterocycles. The summed E-state index contributed by atoms with van der Waals surface area (Å²) in [7, 11) is 0. The molecular formula is C7H12Cl2O3. The van der Waals surface area contributed by atoms with Crippen LogP contribution in [0, 0.1) is 0 Å². The lowest BCUT2D eigenvalue weighted by Gasteiger charge is -2.40. The summed E-state index contributed by atoms with van der Waals surface area (Å²) in [5, 5.41) is 9.49. The van der Waals surface area contributed by atoms with E-state index in [0.29, 0.717) is 5.88 Å². The van der Waals surface area contributed by atoms with Gasteiger partial charge >= 0.3 is 0 Å². The summed E-state index contributed by atoms with van der Waals surface area (Å²) in [5.41, 5.74) is -0.500. The maximum atomic E-state index is 9.49. The molecule has 2 atom stereocenters. The molecule has 0 spiro atoms. The molecule has 1 rings (SSSR count). The van der Waals surface area contributed by atoms with Crippen molar-refractivity contribution in [3.63, 3.8) is 0 Å². The van der Waals surface area contributed by atoms with Crippen molar-refractivity contribution in [1.29, 1.82) is 0 Å². The Hall–Kier alpha value is 0.460. The lowest BCUT2D eigenvalue weighted by molar-refractivity contribution is -0.295. The first-order valence-corrected chi connectivity index (χ1v) is 4.73. The van der Waals surface area contributed by atoms with E-state index in [1.165, 1.54) is 0 Å². The van der Waals surface area contributed by atoms with Crippen LogP contribution in [-0.4, -0.2) is 41.5 Å². The summed E-state index contributed by atoms with van der Waals surface area (Å²) < 4.78 is 10.5. The molecule has 2 unspecified atom stereocenters. The quantitative estimate of drug-likeness (QED) is 0.697. The molecule has 1 saturated heterocycles. The molecule has 0 aromatic rings. The second kappa shape index (κ2) is 3.68. The highest BCUT2D eigenvalue weighted by molar-refractivity contribution is 6.18. The molecule has 1 N–H and O–H groups in total. The molecule has 1 fully saturated rings. The van der Waals surface area contributed by atoms with Crippen LogP contribution in [0.25, 0.3) is 0 Å². The van der Waals surface area contributed by atoms with Gasteiger partial charge in [0.2, 0.25) is 5.79 Å². The van der Waals surface area contributed by atoms with Crippen molar-refractivity contribution in [3.8, 4) is 0 Å². The molecule has 1 aliphatic rings. The molecule has 0 aromatic carbocycles. The minimum absolute atomic E-state index is 0.00532. The van der Waals surface area contributed by atoms with Crippen molar-refractivity contribution >= 4 is 23.2 Å². The normalized spacial score (nSPS) is 43.0. The third kappa shape index (κ3) is 2.24. The number of alkyl halides is 2. The number of halogens is 2. The average molecular weight is 215 g/mol.